The van der Waals surface area contributed by atoms with Crippen molar-refractivity contribution in [2.45, 2.75) is 13.3 Å². The Labute approximate surface area is 135 Å². The summed E-state index contributed by atoms with van der Waals surface area (Å²) in [6, 6.07) is 6.11. The molecule has 5 nitrogen and oxygen atoms in total. The van der Waals surface area contributed by atoms with Crippen LogP contribution in [0.15, 0.2) is 18.2 Å². The van der Waals surface area contributed by atoms with Gasteiger partial charge in [0.15, 0.2) is 5.13 Å². The molecule has 1 fully saturated rings. The number of aromatic nitrogens is 1. The summed E-state index contributed by atoms with van der Waals surface area (Å²) in [6.07, 6.45) is 1.02. The zero-order chi connectivity index (χ0) is 15.2. The van der Waals surface area contributed by atoms with Gasteiger partial charge in [0.2, 0.25) is 0 Å². The van der Waals surface area contributed by atoms with Crippen LogP contribution >= 0.6 is 11.3 Å². The van der Waals surface area contributed by atoms with Crippen molar-refractivity contribution in [3.8, 4) is 5.75 Å². The number of anilines is 1. The van der Waals surface area contributed by atoms with Gasteiger partial charge >= 0.3 is 0 Å². The average molecular weight is 321 g/mol. The fourth-order valence-electron chi connectivity index (χ4n) is 2.44. The molecule has 22 heavy (non-hydrogen) atoms. The normalized spacial score (nSPS) is 16.0. The van der Waals surface area contributed by atoms with Gasteiger partial charge < -0.3 is 14.8 Å². The van der Waals surface area contributed by atoms with Crippen molar-refractivity contribution in [1.82, 2.24) is 9.88 Å². The van der Waals surface area contributed by atoms with Crippen molar-refractivity contribution >= 4 is 26.7 Å². The number of thiazole rings is 1. The highest BCUT2D eigenvalue weighted by Gasteiger charge is 2.10. The summed E-state index contributed by atoms with van der Waals surface area (Å²) < 4.78 is 12.2. The van der Waals surface area contributed by atoms with E-state index in [1.807, 2.05) is 12.1 Å². The van der Waals surface area contributed by atoms with Gasteiger partial charge in [-0.1, -0.05) is 18.3 Å². The molecule has 1 aromatic carbocycles. The predicted molar refractivity (Wildman–Crippen MR) is 91.2 cm³/mol. The number of morpholine rings is 1. The van der Waals surface area contributed by atoms with E-state index in [1.165, 1.54) is 4.70 Å². The minimum absolute atomic E-state index is 0.759. The van der Waals surface area contributed by atoms with Crippen LogP contribution in [0.25, 0.3) is 10.2 Å². The molecule has 6 heteroatoms. The fourth-order valence-corrected chi connectivity index (χ4v) is 3.36. The Bertz CT molecular complexity index is 596. The van der Waals surface area contributed by atoms with Gasteiger partial charge in [0, 0.05) is 26.2 Å². The molecule has 0 unspecified atom stereocenters. The minimum Gasteiger partial charge on any atom is -0.494 e. The predicted octanol–water partition coefficient (Wildman–Crippen LogP) is 2.83. The lowest BCUT2D eigenvalue weighted by molar-refractivity contribution is 0.0398. The maximum absolute atomic E-state index is 5.67. The summed E-state index contributed by atoms with van der Waals surface area (Å²) >= 11 is 1.69. The molecule has 0 spiro atoms. The van der Waals surface area contributed by atoms with Gasteiger partial charge in [-0.2, -0.15) is 0 Å². The van der Waals surface area contributed by atoms with Crippen LogP contribution in [0.3, 0.4) is 0 Å². The average Bonchev–Trinajstić information content (AvgIpc) is 2.96. The van der Waals surface area contributed by atoms with Gasteiger partial charge in [-0.05, 0) is 24.6 Å². The molecule has 2 aromatic rings. The van der Waals surface area contributed by atoms with Crippen molar-refractivity contribution in [3.63, 3.8) is 0 Å². The van der Waals surface area contributed by atoms with Crippen molar-refractivity contribution in [2.24, 2.45) is 0 Å². The molecule has 2 heterocycles. The van der Waals surface area contributed by atoms with Crippen LogP contribution in [0.1, 0.15) is 13.3 Å². The topological polar surface area (TPSA) is 46.6 Å². The Hall–Kier alpha value is -1.37. The first kappa shape index (κ1) is 15.5. The summed E-state index contributed by atoms with van der Waals surface area (Å²) in [6.45, 7) is 8.57. The molecule has 1 N–H and O–H groups in total. The van der Waals surface area contributed by atoms with E-state index in [1.54, 1.807) is 11.3 Å². The zero-order valence-corrected chi connectivity index (χ0v) is 13.8. The van der Waals surface area contributed by atoms with Crippen LogP contribution in [0.2, 0.25) is 0 Å². The van der Waals surface area contributed by atoms with Gasteiger partial charge in [0.05, 0.1) is 30.0 Å². The smallest absolute Gasteiger partial charge is 0.183 e. The number of rotatable bonds is 7. The second-order valence-corrected chi connectivity index (χ2v) is 6.41. The summed E-state index contributed by atoms with van der Waals surface area (Å²) in [5, 5.41) is 4.41. The first-order chi connectivity index (χ1) is 10.8. The number of hydrogen-bond donors (Lipinski definition) is 1. The first-order valence-corrected chi connectivity index (χ1v) is 8.74. The van der Waals surface area contributed by atoms with E-state index in [0.29, 0.717) is 0 Å². The quantitative estimate of drug-likeness (QED) is 0.850. The standard InChI is InChI=1S/C16H23N3O2S/c1-2-9-21-13-3-4-14-15(12-13)22-16(18-14)17-5-6-19-7-10-20-11-8-19/h3-4,12H,2,5-11H2,1H3,(H,17,18). The van der Waals surface area contributed by atoms with Gasteiger partial charge in [0.25, 0.3) is 0 Å². The summed E-state index contributed by atoms with van der Waals surface area (Å²) in [5.41, 5.74) is 1.03. The highest BCUT2D eigenvalue weighted by molar-refractivity contribution is 7.22. The maximum Gasteiger partial charge on any atom is 0.183 e. The zero-order valence-electron chi connectivity index (χ0n) is 13.0. The Morgan fingerprint density at radius 1 is 1.36 bits per heavy atom. The lowest BCUT2D eigenvalue weighted by atomic mass is 10.3. The Morgan fingerprint density at radius 3 is 3.05 bits per heavy atom. The van der Waals surface area contributed by atoms with E-state index in [-0.39, 0.29) is 0 Å². The molecule has 0 radical (unpaired) electrons. The lowest BCUT2D eigenvalue weighted by Crippen LogP contribution is -2.38. The van der Waals surface area contributed by atoms with Crippen LogP contribution in [0.5, 0.6) is 5.75 Å². The number of nitrogens with one attached hydrogen (secondary N) is 1. The molecule has 1 saturated heterocycles. The van der Waals surface area contributed by atoms with E-state index in [9.17, 15) is 0 Å². The van der Waals surface area contributed by atoms with Crippen LogP contribution in [0.4, 0.5) is 5.13 Å². The molecule has 0 atom stereocenters. The van der Waals surface area contributed by atoms with Crippen LogP contribution in [-0.4, -0.2) is 55.9 Å². The first-order valence-electron chi connectivity index (χ1n) is 7.92. The van der Waals surface area contributed by atoms with Crippen molar-refractivity contribution in [1.29, 1.82) is 0 Å². The molecule has 0 saturated carbocycles. The molecule has 0 amide bonds. The highest BCUT2D eigenvalue weighted by atomic mass is 32.1. The van der Waals surface area contributed by atoms with E-state index < -0.39 is 0 Å². The van der Waals surface area contributed by atoms with E-state index >= 15 is 0 Å². The number of hydrogen-bond acceptors (Lipinski definition) is 6. The summed E-state index contributed by atoms with van der Waals surface area (Å²) in [4.78, 5) is 7.04. The van der Waals surface area contributed by atoms with Crippen molar-refractivity contribution in [2.75, 3.05) is 51.3 Å². The van der Waals surface area contributed by atoms with E-state index in [4.69, 9.17) is 9.47 Å². The molecule has 120 valence electrons. The highest BCUT2D eigenvalue weighted by Crippen LogP contribution is 2.29. The Balaban J connectivity index is 1.54. The van der Waals surface area contributed by atoms with Crippen LogP contribution < -0.4 is 10.1 Å². The van der Waals surface area contributed by atoms with Gasteiger partial charge in [0.1, 0.15) is 5.75 Å². The van der Waals surface area contributed by atoms with Gasteiger partial charge in [-0.3, -0.25) is 4.90 Å². The Kier molecular flexibility index (Phi) is 5.48. The maximum atomic E-state index is 5.67. The number of benzene rings is 1. The van der Waals surface area contributed by atoms with Crippen LogP contribution in [0, 0.1) is 0 Å². The molecular weight excluding hydrogens is 298 g/mol. The van der Waals surface area contributed by atoms with E-state index in [2.05, 4.69) is 28.2 Å². The number of ether oxygens (including phenoxy) is 2. The third-order valence-corrected chi connectivity index (χ3v) is 4.62. The number of fused-ring (bicyclic) bond motifs is 1. The SMILES string of the molecule is CCCOc1ccc2nc(NCCN3CCOCC3)sc2c1. The van der Waals surface area contributed by atoms with Crippen molar-refractivity contribution in [3.05, 3.63) is 18.2 Å². The van der Waals surface area contributed by atoms with Crippen molar-refractivity contribution < 1.29 is 9.47 Å². The molecular formula is C16H23N3O2S. The third kappa shape index (κ3) is 4.09. The minimum atomic E-state index is 0.759. The second-order valence-electron chi connectivity index (χ2n) is 5.38. The molecule has 1 aliphatic heterocycles. The summed E-state index contributed by atoms with van der Waals surface area (Å²) in [5.74, 6) is 0.929. The monoisotopic (exact) mass is 321 g/mol. The lowest BCUT2D eigenvalue weighted by Gasteiger charge is -2.26. The Morgan fingerprint density at radius 2 is 2.23 bits per heavy atom. The molecule has 0 bridgehead atoms. The largest absolute Gasteiger partial charge is 0.494 e. The number of nitrogens with zero attached hydrogens (tertiary/aromatic N) is 2. The van der Waals surface area contributed by atoms with Gasteiger partial charge in [-0.15, -0.1) is 0 Å². The fraction of sp³-hybridized carbons (Fsp3) is 0.562. The second kappa shape index (κ2) is 7.76. The van der Waals surface area contributed by atoms with Crippen LogP contribution in [-0.2, 0) is 4.74 Å². The molecule has 1 aliphatic rings. The third-order valence-electron chi connectivity index (χ3n) is 3.64. The molecule has 3 rings (SSSR count). The molecule has 1 aromatic heterocycles. The van der Waals surface area contributed by atoms with E-state index in [0.717, 1.165) is 68.8 Å². The summed E-state index contributed by atoms with van der Waals surface area (Å²) in [7, 11) is 0. The molecule has 0 aliphatic carbocycles. The van der Waals surface area contributed by atoms with Gasteiger partial charge in [-0.25, -0.2) is 4.98 Å².